The van der Waals surface area contributed by atoms with E-state index in [-0.39, 0.29) is 12.4 Å². The number of rotatable bonds is 3. The number of amides is 2. The second-order valence-electron chi connectivity index (χ2n) is 5.11. The van der Waals surface area contributed by atoms with E-state index in [4.69, 9.17) is 9.47 Å². The van der Waals surface area contributed by atoms with Gasteiger partial charge in [-0.25, -0.2) is 9.18 Å². The van der Waals surface area contributed by atoms with Crippen LogP contribution in [0.25, 0.3) is 0 Å². The predicted molar refractivity (Wildman–Crippen MR) is 84.3 cm³/mol. The van der Waals surface area contributed by atoms with Crippen molar-refractivity contribution in [2.45, 2.75) is 13.0 Å². The summed E-state index contributed by atoms with van der Waals surface area (Å²) in [5.41, 5.74) is 1.02. The minimum atomic E-state index is -0.414. The zero-order valence-electron chi connectivity index (χ0n) is 12.5. The van der Waals surface area contributed by atoms with Gasteiger partial charge in [-0.3, -0.25) is 0 Å². The molecule has 2 amide bonds. The molecule has 1 heterocycles. The Morgan fingerprint density at radius 1 is 1.09 bits per heavy atom. The Hall–Kier alpha value is -2.76. The minimum Gasteiger partial charge on any atom is -0.490 e. The maximum absolute atomic E-state index is 13.5. The Bertz CT molecular complexity index is 706. The standard InChI is InChI=1S/C17H17FN2O3/c18-14-5-2-1-4-12(14)11-19-17(21)20-13-6-7-15-16(10-13)23-9-3-8-22-15/h1-2,4-7,10H,3,8-9,11H2,(H2,19,20,21). The first-order valence-corrected chi connectivity index (χ1v) is 7.40. The van der Waals surface area contributed by atoms with Crippen LogP contribution in [0.15, 0.2) is 42.5 Å². The smallest absolute Gasteiger partial charge is 0.319 e. The first-order valence-electron chi connectivity index (χ1n) is 7.40. The number of carbonyl (C=O) groups is 1. The van der Waals surface area contributed by atoms with Crippen molar-refractivity contribution in [2.24, 2.45) is 0 Å². The molecule has 120 valence electrons. The zero-order valence-corrected chi connectivity index (χ0v) is 12.5. The molecule has 0 aromatic heterocycles. The van der Waals surface area contributed by atoms with Crippen LogP contribution >= 0.6 is 0 Å². The van der Waals surface area contributed by atoms with E-state index in [0.717, 1.165) is 6.42 Å². The van der Waals surface area contributed by atoms with Crippen LogP contribution in [0.4, 0.5) is 14.9 Å². The van der Waals surface area contributed by atoms with E-state index < -0.39 is 6.03 Å². The fourth-order valence-electron chi connectivity index (χ4n) is 2.23. The molecule has 3 rings (SSSR count). The summed E-state index contributed by atoms with van der Waals surface area (Å²) in [4.78, 5) is 11.9. The first kappa shape index (κ1) is 15.1. The largest absolute Gasteiger partial charge is 0.490 e. The number of ether oxygens (including phenoxy) is 2. The number of halogens is 1. The van der Waals surface area contributed by atoms with Gasteiger partial charge >= 0.3 is 6.03 Å². The number of carbonyl (C=O) groups excluding carboxylic acids is 1. The molecule has 0 fully saturated rings. The third-order valence-corrected chi connectivity index (χ3v) is 3.40. The summed E-state index contributed by atoms with van der Waals surface area (Å²) in [5.74, 6) is 0.928. The molecule has 2 N–H and O–H groups in total. The van der Waals surface area contributed by atoms with E-state index in [1.165, 1.54) is 6.07 Å². The van der Waals surface area contributed by atoms with Gasteiger partial charge in [0.1, 0.15) is 5.82 Å². The second-order valence-corrected chi connectivity index (χ2v) is 5.11. The lowest BCUT2D eigenvalue weighted by Gasteiger charge is -2.11. The lowest BCUT2D eigenvalue weighted by molar-refractivity contribution is 0.251. The summed E-state index contributed by atoms with van der Waals surface area (Å²) in [6.45, 7) is 1.31. The number of hydrogen-bond acceptors (Lipinski definition) is 3. The summed E-state index contributed by atoms with van der Waals surface area (Å²) in [6, 6.07) is 11.1. The summed E-state index contributed by atoms with van der Waals surface area (Å²) >= 11 is 0. The molecule has 1 aliphatic heterocycles. The van der Waals surface area contributed by atoms with Crippen molar-refractivity contribution in [1.82, 2.24) is 5.32 Å². The van der Waals surface area contributed by atoms with Crippen molar-refractivity contribution in [3.63, 3.8) is 0 Å². The number of nitrogens with one attached hydrogen (secondary N) is 2. The molecule has 0 bridgehead atoms. The van der Waals surface area contributed by atoms with Crippen LogP contribution in [0, 0.1) is 5.82 Å². The minimum absolute atomic E-state index is 0.114. The van der Waals surface area contributed by atoms with Crippen LogP contribution in [0.5, 0.6) is 11.5 Å². The fraction of sp³-hybridized carbons (Fsp3) is 0.235. The predicted octanol–water partition coefficient (Wildman–Crippen LogP) is 3.31. The molecular weight excluding hydrogens is 299 g/mol. The van der Waals surface area contributed by atoms with E-state index in [1.54, 1.807) is 36.4 Å². The molecule has 1 aliphatic rings. The van der Waals surface area contributed by atoms with Crippen LogP contribution in [0.2, 0.25) is 0 Å². The van der Waals surface area contributed by atoms with Gasteiger partial charge in [0, 0.05) is 30.3 Å². The molecule has 0 aliphatic carbocycles. The van der Waals surface area contributed by atoms with Crippen LogP contribution in [-0.4, -0.2) is 19.2 Å². The monoisotopic (exact) mass is 316 g/mol. The highest BCUT2D eigenvalue weighted by atomic mass is 19.1. The molecule has 0 radical (unpaired) electrons. The van der Waals surface area contributed by atoms with E-state index in [1.807, 2.05) is 0 Å². The van der Waals surface area contributed by atoms with Crippen molar-refractivity contribution in [1.29, 1.82) is 0 Å². The highest BCUT2D eigenvalue weighted by Gasteiger charge is 2.12. The summed E-state index contributed by atoms with van der Waals surface area (Å²) in [6.07, 6.45) is 0.820. The van der Waals surface area contributed by atoms with Crippen LogP contribution in [0.3, 0.4) is 0 Å². The Morgan fingerprint density at radius 3 is 2.70 bits per heavy atom. The molecule has 2 aromatic rings. The molecule has 0 atom stereocenters. The molecular formula is C17H17FN2O3. The van der Waals surface area contributed by atoms with Gasteiger partial charge in [0.05, 0.1) is 13.2 Å². The average Bonchev–Trinajstić information content (AvgIpc) is 2.79. The number of urea groups is 1. The van der Waals surface area contributed by atoms with Crippen molar-refractivity contribution < 1.29 is 18.7 Å². The average molecular weight is 316 g/mol. The first-order chi connectivity index (χ1) is 11.2. The molecule has 23 heavy (non-hydrogen) atoms. The van der Waals surface area contributed by atoms with Crippen LogP contribution < -0.4 is 20.1 Å². The van der Waals surface area contributed by atoms with Gasteiger partial charge in [0.2, 0.25) is 0 Å². The Morgan fingerprint density at radius 2 is 1.87 bits per heavy atom. The molecule has 0 spiro atoms. The van der Waals surface area contributed by atoms with E-state index in [2.05, 4.69) is 10.6 Å². The number of benzene rings is 2. The maximum atomic E-state index is 13.5. The lowest BCUT2D eigenvalue weighted by atomic mass is 10.2. The van der Waals surface area contributed by atoms with E-state index in [9.17, 15) is 9.18 Å². The highest BCUT2D eigenvalue weighted by molar-refractivity contribution is 5.89. The second kappa shape index (κ2) is 7.00. The third kappa shape index (κ3) is 3.91. The number of hydrogen-bond donors (Lipinski definition) is 2. The van der Waals surface area contributed by atoms with Gasteiger partial charge in [-0.05, 0) is 18.2 Å². The summed E-state index contributed by atoms with van der Waals surface area (Å²) in [5, 5.41) is 5.31. The van der Waals surface area contributed by atoms with Gasteiger partial charge < -0.3 is 20.1 Å². The molecule has 2 aromatic carbocycles. The maximum Gasteiger partial charge on any atom is 0.319 e. The topological polar surface area (TPSA) is 59.6 Å². The summed E-state index contributed by atoms with van der Waals surface area (Å²) in [7, 11) is 0. The zero-order chi connectivity index (χ0) is 16.1. The SMILES string of the molecule is O=C(NCc1ccccc1F)Nc1ccc2c(c1)OCCCO2. The van der Waals surface area contributed by atoms with Gasteiger partial charge in [-0.15, -0.1) is 0 Å². The lowest BCUT2D eigenvalue weighted by Crippen LogP contribution is -2.28. The summed E-state index contributed by atoms with van der Waals surface area (Å²) < 4.78 is 24.6. The quantitative estimate of drug-likeness (QED) is 0.913. The van der Waals surface area contributed by atoms with Crippen LogP contribution in [0.1, 0.15) is 12.0 Å². The van der Waals surface area contributed by atoms with Crippen molar-refractivity contribution in [3.8, 4) is 11.5 Å². The van der Waals surface area contributed by atoms with Gasteiger partial charge in [-0.2, -0.15) is 0 Å². The molecule has 5 nitrogen and oxygen atoms in total. The molecule has 0 saturated carbocycles. The van der Waals surface area contributed by atoms with E-state index >= 15 is 0 Å². The van der Waals surface area contributed by atoms with Gasteiger partial charge in [0.15, 0.2) is 11.5 Å². The Balaban J connectivity index is 1.60. The van der Waals surface area contributed by atoms with Crippen molar-refractivity contribution in [3.05, 3.63) is 53.8 Å². The Kier molecular flexibility index (Phi) is 4.61. The molecule has 0 unspecified atom stereocenters. The van der Waals surface area contributed by atoms with Crippen molar-refractivity contribution in [2.75, 3.05) is 18.5 Å². The van der Waals surface area contributed by atoms with Crippen molar-refractivity contribution >= 4 is 11.7 Å². The fourth-order valence-corrected chi connectivity index (χ4v) is 2.23. The Labute approximate surface area is 133 Å². The highest BCUT2D eigenvalue weighted by Crippen LogP contribution is 2.32. The normalized spacial score (nSPS) is 13.1. The number of fused-ring (bicyclic) bond motifs is 1. The van der Waals surface area contributed by atoms with Crippen LogP contribution in [-0.2, 0) is 6.54 Å². The number of anilines is 1. The molecule has 6 heteroatoms. The van der Waals surface area contributed by atoms with E-state index in [0.29, 0.717) is 36.0 Å². The van der Waals surface area contributed by atoms with Gasteiger partial charge in [-0.1, -0.05) is 18.2 Å². The molecule has 0 saturated heterocycles. The van der Waals surface area contributed by atoms with Gasteiger partial charge in [0.25, 0.3) is 0 Å². The third-order valence-electron chi connectivity index (χ3n) is 3.40.